The highest BCUT2D eigenvalue weighted by Crippen LogP contribution is 2.15. The molecule has 1 aromatic carbocycles. The van der Waals surface area contributed by atoms with Gasteiger partial charge in [0.15, 0.2) is 17.0 Å². The summed E-state index contributed by atoms with van der Waals surface area (Å²) in [7, 11) is 3.27. The smallest absolute Gasteiger partial charge is 0.314 e. The Morgan fingerprint density at radius 3 is 2.33 bits per heavy atom. The Labute approximate surface area is 157 Å². The third-order valence-corrected chi connectivity index (χ3v) is 4.76. The minimum Gasteiger partial charge on any atom is -0.314 e. The second-order valence-corrected chi connectivity index (χ2v) is 6.61. The Bertz CT molecular complexity index is 1300. The molecule has 0 saturated heterocycles. The lowest BCUT2D eigenvalue weighted by Crippen LogP contribution is -2.39. The van der Waals surface area contributed by atoms with Crippen LogP contribution in [0, 0.1) is 45.0 Å². The van der Waals surface area contributed by atoms with Crippen LogP contribution in [0.5, 0.6) is 0 Å². The highest BCUT2D eigenvalue weighted by atomic mass is 16.2. The third kappa shape index (κ3) is 2.96. The number of rotatable bonds is 1. The van der Waals surface area contributed by atoms with E-state index in [1.54, 1.807) is 18.7 Å². The number of aryl methyl sites for hydroxylation is 5. The maximum atomic E-state index is 12.7. The van der Waals surface area contributed by atoms with E-state index in [9.17, 15) is 9.59 Å². The van der Waals surface area contributed by atoms with Gasteiger partial charge in [0.2, 0.25) is 0 Å². The molecule has 0 atom stereocenters. The second kappa shape index (κ2) is 6.66. The molecule has 3 aromatic rings. The van der Waals surface area contributed by atoms with Gasteiger partial charge in [-0.3, -0.25) is 9.36 Å². The molecular weight excluding hydrogens is 340 g/mol. The van der Waals surface area contributed by atoms with Gasteiger partial charge in [-0.1, -0.05) is 17.9 Å². The highest BCUT2D eigenvalue weighted by molar-refractivity contribution is 5.72. The van der Waals surface area contributed by atoms with Crippen LogP contribution in [0.25, 0.3) is 11.2 Å². The molecule has 27 heavy (non-hydrogen) atoms. The molecule has 0 radical (unpaired) electrons. The van der Waals surface area contributed by atoms with Crippen LogP contribution >= 0.6 is 0 Å². The molecule has 0 fully saturated rings. The molecule has 6 nitrogen and oxygen atoms in total. The van der Waals surface area contributed by atoms with Crippen molar-refractivity contribution in [1.82, 2.24) is 18.7 Å². The standard InChI is InChI=1S/C21H20N4O2/c1-7-10-25-20(26)18-19(24(6)21(25)27)22-17(23(18)5)9-8-16-12-14(3)13(2)11-15(16)4/h1,11-12H,10H2,2-6H3. The zero-order chi connectivity index (χ0) is 19.9. The van der Waals surface area contributed by atoms with Gasteiger partial charge < -0.3 is 4.57 Å². The van der Waals surface area contributed by atoms with E-state index in [2.05, 4.69) is 35.7 Å². The van der Waals surface area contributed by atoms with Crippen molar-refractivity contribution in [3.63, 3.8) is 0 Å². The molecule has 0 amide bonds. The first-order chi connectivity index (χ1) is 12.8. The minimum atomic E-state index is -0.493. The quantitative estimate of drug-likeness (QED) is 0.616. The van der Waals surface area contributed by atoms with Gasteiger partial charge in [0.05, 0.1) is 6.54 Å². The number of imidazole rings is 1. The number of hydrogen-bond acceptors (Lipinski definition) is 3. The molecule has 0 bridgehead atoms. The predicted octanol–water partition coefficient (Wildman–Crippen LogP) is 1.39. The van der Waals surface area contributed by atoms with E-state index < -0.39 is 11.2 Å². The Balaban J connectivity index is 2.24. The molecule has 0 aliphatic rings. The van der Waals surface area contributed by atoms with Crippen molar-refractivity contribution < 1.29 is 0 Å². The summed E-state index contributed by atoms with van der Waals surface area (Å²) in [6.07, 6.45) is 5.28. The number of nitrogens with zero attached hydrogens (tertiary/aromatic N) is 4. The van der Waals surface area contributed by atoms with Crippen LogP contribution in [0.1, 0.15) is 28.1 Å². The highest BCUT2D eigenvalue weighted by Gasteiger charge is 2.17. The molecule has 0 N–H and O–H groups in total. The van der Waals surface area contributed by atoms with E-state index >= 15 is 0 Å². The fourth-order valence-electron chi connectivity index (χ4n) is 3.00. The Morgan fingerprint density at radius 1 is 1.00 bits per heavy atom. The lowest BCUT2D eigenvalue weighted by Gasteiger charge is -2.05. The first kappa shape index (κ1) is 18.3. The normalized spacial score (nSPS) is 10.5. The molecule has 6 heteroatoms. The maximum Gasteiger partial charge on any atom is 0.333 e. The van der Waals surface area contributed by atoms with Crippen LogP contribution in [-0.2, 0) is 20.6 Å². The summed E-state index contributed by atoms with van der Waals surface area (Å²) in [6, 6.07) is 4.13. The van der Waals surface area contributed by atoms with E-state index in [0.29, 0.717) is 17.0 Å². The van der Waals surface area contributed by atoms with E-state index in [0.717, 1.165) is 21.3 Å². The average Bonchev–Trinajstić information content (AvgIpc) is 2.95. The van der Waals surface area contributed by atoms with Crippen molar-refractivity contribution in [2.45, 2.75) is 27.3 Å². The second-order valence-electron chi connectivity index (χ2n) is 6.61. The van der Waals surface area contributed by atoms with Crippen molar-refractivity contribution >= 4 is 11.2 Å². The monoisotopic (exact) mass is 360 g/mol. The number of hydrogen-bond donors (Lipinski definition) is 0. The van der Waals surface area contributed by atoms with Crippen molar-refractivity contribution in [3.05, 3.63) is 61.0 Å². The molecule has 0 aliphatic heterocycles. The van der Waals surface area contributed by atoms with Gasteiger partial charge in [-0.2, -0.15) is 0 Å². The lowest BCUT2D eigenvalue weighted by molar-refractivity contribution is 0.674. The van der Waals surface area contributed by atoms with Crippen molar-refractivity contribution in [2.24, 2.45) is 14.1 Å². The predicted molar refractivity (Wildman–Crippen MR) is 106 cm³/mol. The summed E-state index contributed by atoms with van der Waals surface area (Å²) < 4.78 is 3.95. The molecule has 3 rings (SSSR count). The zero-order valence-electron chi connectivity index (χ0n) is 16.0. The van der Waals surface area contributed by atoms with E-state index in [1.807, 2.05) is 19.9 Å². The minimum absolute atomic E-state index is 0.0878. The van der Waals surface area contributed by atoms with Crippen LogP contribution in [-0.4, -0.2) is 18.7 Å². The van der Waals surface area contributed by atoms with Crippen LogP contribution in [0.15, 0.2) is 21.7 Å². The van der Waals surface area contributed by atoms with Gasteiger partial charge in [0, 0.05) is 19.7 Å². The summed E-state index contributed by atoms with van der Waals surface area (Å²) in [6.45, 7) is 6.02. The van der Waals surface area contributed by atoms with Crippen molar-refractivity contribution in [2.75, 3.05) is 0 Å². The van der Waals surface area contributed by atoms with Gasteiger partial charge in [-0.15, -0.1) is 6.42 Å². The van der Waals surface area contributed by atoms with Crippen LogP contribution < -0.4 is 11.2 Å². The lowest BCUT2D eigenvalue weighted by atomic mass is 10.0. The Morgan fingerprint density at radius 2 is 1.67 bits per heavy atom. The molecule has 136 valence electrons. The molecule has 2 heterocycles. The van der Waals surface area contributed by atoms with Crippen LogP contribution in [0.2, 0.25) is 0 Å². The molecule has 2 aromatic heterocycles. The summed E-state index contributed by atoms with van der Waals surface area (Å²) >= 11 is 0. The number of benzene rings is 1. The molecule has 0 aliphatic carbocycles. The van der Waals surface area contributed by atoms with E-state index in [1.165, 1.54) is 10.1 Å². The molecule has 0 unspecified atom stereocenters. The van der Waals surface area contributed by atoms with Crippen LogP contribution in [0.3, 0.4) is 0 Å². The van der Waals surface area contributed by atoms with Crippen molar-refractivity contribution in [1.29, 1.82) is 0 Å². The Kier molecular flexibility index (Phi) is 4.51. The largest absolute Gasteiger partial charge is 0.333 e. The Hall–Kier alpha value is -3.51. The van der Waals surface area contributed by atoms with Crippen LogP contribution in [0.4, 0.5) is 0 Å². The molecule has 0 saturated carbocycles. The number of fused-ring (bicyclic) bond motifs is 1. The maximum absolute atomic E-state index is 12.7. The third-order valence-electron chi connectivity index (χ3n) is 4.76. The van der Waals surface area contributed by atoms with E-state index in [4.69, 9.17) is 6.42 Å². The fraction of sp³-hybridized carbons (Fsp3) is 0.286. The summed E-state index contributed by atoms with van der Waals surface area (Å²) in [4.78, 5) is 29.4. The van der Waals surface area contributed by atoms with Gasteiger partial charge in [-0.05, 0) is 49.4 Å². The van der Waals surface area contributed by atoms with Crippen molar-refractivity contribution in [3.8, 4) is 24.2 Å². The first-order valence-corrected chi connectivity index (χ1v) is 8.45. The topological polar surface area (TPSA) is 61.8 Å². The van der Waals surface area contributed by atoms with Gasteiger partial charge in [0.25, 0.3) is 5.56 Å². The summed E-state index contributed by atoms with van der Waals surface area (Å²) in [5.41, 5.74) is 4.00. The van der Waals surface area contributed by atoms with E-state index in [-0.39, 0.29) is 6.54 Å². The van der Waals surface area contributed by atoms with Gasteiger partial charge in [0.1, 0.15) is 0 Å². The molecular formula is C21H20N4O2. The number of terminal acetylenes is 1. The number of aromatic nitrogens is 4. The summed E-state index contributed by atoms with van der Waals surface area (Å²) in [5.74, 6) is 8.91. The molecule has 0 spiro atoms. The summed E-state index contributed by atoms with van der Waals surface area (Å²) in [5, 5.41) is 0. The average molecular weight is 360 g/mol. The van der Waals surface area contributed by atoms with Gasteiger partial charge in [-0.25, -0.2) is 14.3 Å². The zero-order valence-corrected chi connectivity index (χ0v) is 16.0. The SMILES string of the molecule is C#CCn1c(=O)c2c(nc(C#Cc3cc(C)c(C)cc3C)n2C)n(C)c1=O. The fourth-order valence-corrected chi connectivity index (χ4v) is 3.00. The van der Waals surface area contributed by atoms with Gasteiger partial charge >= 0.3 is 5.69 Å². The first-order valence-electron chi connectivity index (χ1n) is 8.45.